The zero-order valence-electron chi connectivity index (χ0n) is 11.7. The Balaban J connectivity index is -0.000000580. The largest absolute Gasteiger partial charge is 0.467 e. The molecule has 0 aliphatic heterocycles. The first-order chi connectivity index (χ1) is 8.13. The van der Waals surface area contributed by atoms with Crippen LogP contribution in [0.15, 0.2) is 0 Å². The van der Waals surface area contributed by atoms with E-state index in [1.807, 2.05) is 20.3 Å². The zero-order chi connectivity index (χ0) is 14.8. The Morgan fingerprint density at radius 1 is 1.16 bits per heavy atom. The van der Waals surface area contributed by atoms with Crippen molar-refractivity contribution in [2.75, 3.05) is 13.2 Å². The Morgan fingerprint density at radius 3 is 1.84 bits per heavy atom. The van der Waals surface area contributed by atoms with Gasteiger partial charge in [-0.1, -0.05) is 13.8 Å². The molecule has 0 saturated carbocycles. The van der Waals surface area contributed by atoms with Crippen molar-refractivity contribution in [2.45, 2.75) is 33.4 Å². The van der Waals surface area contributed by atoms with Crippen LogP contribution in [0.5, 0.6) is 0 Å². The number of hydrogen-bond donors (Lipinski definition) is 2. The van der Waals surface area contributed by atoms with Gasteiger partial charge in [0.25, 0.3) is 0 Å². The molecule has 0 bridgehead atoms. The number of phosphoric ester groups is 1. The molecule has 0 amide bonds. The zero-order valence-corrected chi connectivity index (χ0v) is 16.3. The van der Waals surface area contributed by atoms with Gasteiger partial charge in [0, 0.05) is 32.7 Å². The first-order valence-electron chi connectivity index (χ1n) is 5.25. The van der Waals surface area contributed by atoms with Gasteiger partial charge in [-0.05, 0) is 0 Å². The van der Waals surface area contributed by atoms with E-state index in [9.17, 15) is 14.0 Å². The Labute approximate surface area is 140 Å². The van der Waals surface area contributed by atoms with Gasteiger partial charge in [-0.3, -0.25) is 9.09 Å². The molecule has 0 aromatic heterocycles. The fourth-order valence-corrected chi connectivity index (χ4v) is 1.52. The molecule has 115 valence electrons. The van der Waals surface area contributed by atoms with E-state index < -0.39 is 21.1 Å². The van der Waals surface area contributed by atoms with Crippen LogP contribution >= 0.6 is 15.4 Å². The molecule has 2 N–H and O–H groups in total. The molecule has 2 atom stereocenters. The molecule has 0 aliphatic carbocycles. The molecule has 0 aliphatic rings. The van der Waals surface area contributed by atoms with Gasteiger partial charge in [-0.25, -0.2) is 11.7 Å². The Bertz CT molecular complexity index is 298. The minimum atomic E-state index is -4.14. The average molecular weight is 393 g/mol. The molecule has 1 radical (unpaired) electrons. The fraction of sp³-hybridized carbons (Fsp3) is 0.778. The molecule has 0 heterocycles. The standard InChI is InChI=1S/C6H15O7P2.C3H7.Y/c1-6(2)14(7,8)12-4-5-13-15(9,10)11-3;1-3-2;/h6H,3-5H2,1-2H3,(H,7,8)(H,9,10);3H,1-2H3;/q2*-1;. The molecule has 0 fully saturated rings. The van der Waals surface area contributed by atoms with Crippen LogP contribution in [0.1, 0.15) is 27.7 Å². The van der Waals surface area contributed by atoms with Crippen molar-refractivity contribution in [1.29, 1.82) is 0 Å². The maximum Gasteiger partial charge on any atom is 0.441 e. The number of hydrogen-bond acceptors (Lipinski definition) is 5. The maximum absolute atomic E-state index is 11.2. The van der Waals surface area contributed by atoms with Crippen molar-refractivity contribution in [1.82, 2.24) is 0 Å². The van der Waals surface area contributed by atoms with Crippen molar-refractivity contribution in [3.63, 3.8) is 0 Å². The molecule has 0 aromatic carbocycles. The summed E-state index contributed by atoms with van der Waals surface area (Å²) < 4.78 is 34.7. The summed E-state index contributed by atoms with van der Waals surface area (Å²) >= 11 is 0. The summed E-state index contributed by atoms with van der Waals surface area (Å²) in [5.41, 5.74) is -0.539. The average Bonchev–Trinajstić information content (AvgIpc) is 2.25. The van der Waals surface area contributed by atoms with E-state index in [1.165, 1.54) is 13.8 Å². The molecule has 10 heteroatoms. The smallest absolute Gasteiger partial charge is 0.441 e. The first kappa shape index (κ1) is 25.3. The molecule has 2 unspecified atom stereocenters. The molecular weight excluding hydrogens is 371 g/mol. The first-order valence-corrected chi connectivity index (χ1v) is 8.39. The van der Waals surface area contributed by atoms with Gasteiger partial charge in [0.15, 0.2) is 0 Å². The predicted molar refractivity (Wildman–Crippen MR) is 68.8 cm³/mol. The van der Waals surface area contributed by atoms with Crippen molar-refractivity contribution in [2.24, 2.45) is 0 Å². The van der Waals surface area contributed by atoms with Crippen molar-refractivity contribution < 1.29 is 65.2 Å². The number of rotatable bonds is 7. The van der Waals surface area contributed by atoms with Gasteiger partial charge >= 0.3 is 15.4 Å². The molecule has 7 nitrogen and oxygen atoms in total. The van der Waals surface area contributed by atoms with Crippen LogP contribution in [-0.2, 0) is 55.4 Å². The topological polar surface area (TPSA) is 102 Å². The van der Waals surface area contributed by atoms with Gasteiger partial charge < -0.3 is 25.3 Å². The van der Waals surface area contributed by atoms with E-state index in [4.69, 9.17) is 4.89 Å². The Morgan fingerprint density at radius 2 is 1.53 bits per heavy atom. The third-order valence-corrected chi connectivity index (χ3v) is 4.12. The van der Waals surface area contributed by atoms with E-state index in [0.717, 1.165) is 0 Å². The van der Waals surface area contributed by atoms with E-state index in [2.05, 4.69) is 20.7 Å². The summed E-state index contributed by atoms with van der Waals surface area (Å²) in [4.78, 5) is 17.9. The van der Waals surface area contributed by atoms with Gasteiger partial charge in [0.05, 0.1) is 18.9 Å². The monoisotopic (exact) mass is 393 g/mol. The van der Waals surface area contributed by atoms with Gasteiger partial charge in [0.1, 0.15) is 0 Å². The van der Waals surface area contributed by atoms with Crippen LogP contribution in [0, 0.1) is 13.5 Å². The van der Waals surface area contributed by atoms with Gasteiger partial charge in [-0.2, -0.15) is 13.8 Å². The second kappa shape index (κ2) is 13.1. The van der Waals surface area contributed by atoms with E-state index in [0.29, 0.717) is 0 Å². The van der Waals surface area contributed by atoms with Crippen molar-refractivity contribution in [3.8, 4) is 0 Å². The second-order valence-corrected chi connectivity index (χ2v) is 7.37. The summed E-state index contributed by atoms with van der Waals surface area (Å²) in [6.07, 6.45) is 2.00. The Hall–Kier alpha value is 1.36. The Kier molecular flexibility index (Phi) is 17.4. The van der Waals surface area contributed by atoms with Crippen molar-refractivity contribution >= 4 is 15.4 Å². The van der Waals surface area contributed by atoms with E-state index in [1.54, 1.807) is 0 Å². The summed E-state index contributed by atoms with van der Waals surface area (Å²) in [6, 6.07) is 0. The predicted octanol–water partition coefficient (Wildman–Crippen LogP) is 2.75. The van der Waals surface area contributed by atoms with Crippen LogP contribution in [0.4, 0.5) is 0 Å². The normalized spacial score (nSPS) is 16.6. The third-order valence-electron chi connectivity index (χ3n) is 1.43. The summed E-state index contributed by atoms with van der Waals surface area (Å²) in [7, 11) is -5.07. The molecule has 0 rings (SSSR count). The van der Waals surface area contributed by atoms with Crippen LogP contribution in [0.25, 0.3) is 0 Å². The van der Waals surface area contributed by atoms with Crippen LogP contribution in [0.3, 0.4) is 0 Å². The van der Waals surface area contributed by atoms with Crippen molar-refractivity contribution in [3.05, 3.63) is 13.5 Å². The summed E-state index contributed by atoms with van der Waals surface area (Å²) in [5.74, 6) is 0. The van der Waals surface area contributed by atoms with Gasteiger partial charge in [0.2, 0.25) is 0 Å². The van der Waals surface area contributed by atoms with Gasteiger partial charge in [-0.15, -0.1) is 0 Å². The number of phosphoric acid groups is 1. The van der Waals surface area contributed by atoms with Crippen LogP contribution in [-0.4, -0.2) is 28.7 Å². The molecule has 0 saturated heterocycles. The van der Waals surface area contributed by atoms with Crippen LogP contribution in [0.2, 0.25) is 0 Å². The van der Waals surface area contributed by atoms with E-state index in [-0.39, 0.29) is 45.9 Å². The third kappa shape index (κ3) is 15.6. The fourth-order valence-electron chi connectivity index (χ4n) is 0.507. The molecular formula is C9H22O7P2Y-2. The van der Waals surface area contributed by atoms with Crippen LogP contribution < -0.4 is 0 Å². The second-order valence-electron chi connectivity index (χ2n) is 3.50. The van der Waals surface area contributed by atoms with E-state index >= 15 is 0 Å². The minimum absolute atomic E-state index is 0. The summed E-state index contributed by atoms with van der Waals surface area (Å²) in [5, 5.41) is 0. The SMILES string of the molecule is C[CH-]C.[CH2-]OP(=O)(O)OCCOP(=O)(O)C(C)C.[Y]. The quantitative estimate of drug-likeness (QED) is 0.390. The maximum atomic E-state index is 11.2. The summed E-state index contributed by atoms with van der Waals surface area (Å²) in [6.45, 7) is 6.44. The molecule has 0 spiro atoms. The molecule has 19 heavy (non-hydrogen) atoms. The minimum Gasteiger partial charge on any atom is -0.467 e. The molecule has 0 aromatic rings.